The lowest BCUT2D eigenvalue weighted by Gasteiger charge is -2.22. The Bertz CT molecular complexity index is 742. The van der Waals surface area contributed by atoms with Crippen molar-refractivity contribution in [3.63, 3.8) is 0 Å². The second-order valence-corrected chi connectivity index (χ2v) is 5.68. The molecular formula is C16H17F2N3O2. The van der Waals surface area contributed by atoms with Crippen LogP contribution in [0, 0.1) is 0 Å². The molecule has 122 valence electrons. The van der Waals surface area contributed by atoms with Crippen molar-refractivity contribution in [1.82, 2.24) is 9.88 Å². The van der Waals surface area contributed by atoms with E-state index in [1.54, 1.807) is 18.2 Å². The number of nitrogens with one attached hydrogen (secondary N) is 2. The number of alkyl halides is 2. The summed E-state index contributed by atoms with van der Waals surface area (Å²) in [5, 5.41) is 6.17. The molecule has 2 aromatic rings. The van der Waals surface area contributed by atoms with Gasteiger partial charge >= 0.3 is 6.55 Å². The number of halogens is 2. The predicted octanol–water partition coefficient (Wildman–Crippen LogP) is 3.03. The molecule has 0 spiro atoms. The van der Waals surface area contributed by atoms with Crippen molar-refractivity contribution in [2.75, 3.05) is 5.32 Å². The fraction of sp³-hybridized carbons (Fsp3) is 0.375. The molecule has 0 radical (unpaired) electrons. The van der Waals surface area contributed by atoms with Gasteiger partial charge in [0.15, 0.2) is 0 Å². The summed E-state index contributed by atoms with van der Waals surface area (Å²) in [4.78, 5) is 23.4. The van der Waals surface area contributed by atoms with Crippen LogP contribution < -0.4 is 10.6 Å². The van der Waals surface area contributed by atoms with Crippen molar-refractivity contribution in [2.24, 2.45) is 0 Å². The molecule has 1 aliphatic heterocycles. The van der Waals surface area contributed by atoms with Gasteiger partial charge in [-0.1, -0.05) is 6.07 Å². The number of hydrogen-bond donors (Lipinski definition) is 2. The molecule has 0 saturated carbocycles. The molecule has 2 amide bonds. The zero-order chi connectivity index (χ0) is 16.4. The smallest absolute Gasteiger partial charge is 0.319 e. The van der Waals surface area contributed by atoms with Crippen LogP contribution in [0.4, 0.5) is 14.5 Å². The summed E-state index contributed by atoms with van der Waals surface area (Å²) in [6.07, 6.45) is 3.54. The molecule has 1 aromatic heterocycles. The molecule has 1 atom stereocenters. The summed E-state index contributed by atoms with van der Waals surface area (Å²) in [5.74, 6) is -0.281. The SMILES string of the molecule is O=C(CC1CCCC(=O)N1)Nc1ccc2ccn(C(F)F)c2c1. The van der Waals surface area contributed by atoms with Crippen LogP contribution in [-0.4, -0.2) is 22.4 Å². The molecule has 1 fully saturated rings. The highest BCUT2D eigenvalue weighted by molar-refractivity contribution is 5.94. The van der Waals surface area contributed by atoms with Gasteiger partial charge in [0, 0.05) is 30.8 Å². The van der Waals surface area contributed by atoms with Gasteiger partial charge in [0.05, 0.1) is 5.52 Å². The summed E-state index contributed by atoms with van der Waals surface area (Å²) in [6.45, 7) is -2.63. The third kappa shape index (κ3) is 3.49. The molecule has 23 heavy (non-hydrogen) atoms. The molecule has 0 aliphatic carbocycles. The van der Waals surface area contributed by atoms with Gasteiger partial charge in [-0.3, -0.25) is 14.2 Å². The topological polar surface area (TPSA) is 63.1 Å². The van der Waals surface area contributed by atoms with E-state index in [-0.39, 0.29) is 24.3 Å². The van der Waals surface area contributed by atoms with Crippen molar-refractivity contribution < 1.29 is 18.4 Å². The number of fused-ring (bicyclic) bond motifs is 1. The van der Waals surface area contributed by atoms with E-state index in [2.05, 4.69) is 10.6 Å². The Balaban J connectivity index is 1.69. The standard InChI is InChI=1S/C16H17F2N3O2/c17-16(18)21-7-6-10-4-5-12(8-13(10)21)20-15(23)9-11-2-1-3-14(22)19-11/h4-8,11,16H,1-3,9H2,(H,19,22)(H,20,23). The zero-order valence-corrected chi connectivity index (χ0v) is 12.4. The fourth-order valence-electron chi connectivity index (χ4n) is 2.87. The van der Waals surface area contributed by atoms with Crippen molar-refractivity contribution in [3.05, 3.63) is 30.5 Å². The molecule has 1 aliphatic rings. The Morgan fingerprint density at radius 2 is 2.22 bits per heavy atom. The Hall–Kier alpha value is -2.44. The number of benzene rings is 1. The summed E-state index contributed by atoms with van der Waals surface area (Å²) >= 11 is 0. The number of aromatic nitrogens is 1. The van der Waals surface area contributed by atoms with E-state index in [0.29, 0.717) is 23.0 Å². The highest BCUT2D eigenvalue weighted by atomic mass is 19.3. The van der Waals surface area contributed by atoms with Crippen molar-refractivity contribution >= 4 is 28.4 Å². The average Bonchev–Trinajstić information content (AvgIpc) is 2.90. The molecule has 1 saturated heterocycles. The molecule has 3 rings (SSSR count). The molecule has 2 heterocycles. The first-order valence-corrected chi connectivity index (χ1v) is 7.51. The molecule has 1 aromatic carbocycles. The Labute approximate surface area is 131 Å². The summed E-state index contributed by atoms with van der Waals surface area (Å²) in [6, 6.07) is 6.33. The van der Waals surface area contributed by atoms with Gasteiger partial charge in [-0.25, -0.2) is 0 Å². The van der Waals surface area contributed by atoms with Crippen LogP contribution in [0.5, 0.6) is 0 Å². The van der Waals surface area contributed by atoms with Gasteiger partial charge in [0.2, 0.25) is 11.8 Å². The van der Waals surface area contributed by atoms with Gasteiger partial charge in [0.25, 0.3) is 0 Å². The summed E-state index contributed by atoms with van der Waals surface area (Å²) in [7, 11) is 0. The highest BCUT2D eigenvalue weighted by Crippen LogP contribution is 2.25. The second-order valence-electron chi connectivity index (χ2n) is 5.68. The maximum atomic E-state index is 12.9. The quantitative estimate of drug-likeness (QED) is 0.909. The number of anilines is 1. The zero-order valence-electron chi connectivity index (χ0n) is 12.4. The van der Waals surface area contributed by atoms with E-state index in [9.17, 15) is 18.4 Å². The van der Waals surface area contributed by atoms with Gasteiger partial charge < -0.3 is 10.6 Å². The minimum Gasteiger partial charge on any atom is -0.353 e. The van der Waals surface area contributed by atoms with Gasteiger partial charge in [-0.05, 0) is 36.4 Å². The normalized spacial score (nSPS) is 18.2. The number of carbonyl (C=O) groups excluding carboxylic acids is 2. The first kappa shape index (κ1) is 15.5. The molecule has 5 nitrogen and oxygen atoms in total. The first-order valence-electron chi connectivity index (χ1n) is 7.51. The molecule has 2 N–H and O–H groups in total. The molecule has 0 bridgehead atoms. The average molecular weight is 321 g/mol. The van der Waals surface area contributed by atoms with E-state index in [4.69, 9.17) is 0 Å². The second kappa shape index (κ2) is 6.36. The minimum atomic E-state index is -2.63. The number of nitrogens with zero attached hydrogens (tertiary/aromatic N) is 1. The minimum absolute atomic E-state index is 0.0368. The van der Waals surface area contributed by atoms with Gasteiger partial charge in [-0.2, -0.15) is 8.78 Å². The maximum Gasteiger partial charge on any atom is 0.319 e. The highest BCUT2D eigenvalue weighted by Gasteiger charge is 2.20. The molecular weight excluding hydrogens is 304 g/mol. The number of hydrogen-bond acceptors (Lipinski definition) is 2. The predicted molar refractivity (Wildman–Crippen MR) is 82.2 cm³/mol. The van der Waals surface area contributed by atoms with Crippen LogP contribution in [0.2, 0.25) is 0 Å². The van der Waals surface area contributed by atoms with E-state index in [1.807, 2.05) is 0 Å². The summed E-state index contributed by atoms with van der Waals surface area (Å²) in [5.41, 5.74) is 0.828. The number of carbonyl (C=O) groups is 2. The van der Waals surface area contributed by atoms with Crippen molar-refractivity contribution in [2.45, 2.75) is 38.3 Å². The third-order valence-electron chi connectivity index (χ3n) is 3.97. The van der Waals surface area contributed by atoms with Gasteiger partial charge in [0.1, 0.15) is 0 Å². The van der Waals surface area contributed by atoms with Gasteiger partial charge in [-0.15, -0.1) is 0 Å². The van der Waals surface area contributed by atoms with Crippen molar-refractivity contribution in [3.8, 4) is 0 Å². The van der Waals surface area contributed by atoms with Crippen LogP contribution >= 0.6 is 0 Å². The van der Waals surface area contributed by atoms with Crippen LogP contribution in [0.15, 0.2) is 30.5 Å². The van der Waals surface area contributed by atoms with E-state index >= 15 is 0 Å². The lowest BCUT2D eigenvalue weighted by molar-refractivity contribution is -0.124. The van der Waals surface area contributed by atoms with Crippen LogP contribution in [0.3, 0.4) is 0 Å². The largest absolute Gasteiger partial charge is 0.353 e. The van der Waals surface area contributed by atoms with E-state index in [0.717, 1.165) is 17.4 Å². The third-order valence-corrected chi connectivity index (χ3v) is 3.97. The lowest BCUT2D eigenvalue weighted by atomic mass is 10.0. The van der Waals surface area contributed by atoms with Crippen LogP contribution in [0.1, 0.15) is 32.2 Å². The number of amides is 2. The summed E-state index contributed by atoms with van der Waals surface area (Å²) < 4.78 is 26.7. The van der Waals surface area contributed by atoms with Crippen LogP contribution in [0.25, 0.3) is 10.9 Å². The molecule has 1 unspecified atom stereocenters. The first-order chi connectivity index (χ1) is 11.0. The van der Waals surface area contributed by atoms with Crippen molar-refractivity contribution in [1.29, 1.82) is 0 Å². The Morgan fingerprint density at radius 3 is 2.96 bits per heavy atom. The molecule has 7 heteroatoms. The Morgan fingerprint density at radius 1 is 1.39 bits per heavy atom. The number of rotatable bonds is 4. The Kier molecular flexibility index (Phi) is 4.27. The number of piperidine rings is 1. The van der Waals surface area contributed by atoms with E-state index in [1.165, 1.54) is 12.3 Å². The fourth-order valence-corrected chi connectivity index (χ4v) is 2.87. The van der Waals surface area contributed by atoms with E-state index < -0.39 is 6.55 Å². The monoisotopic (exact) mass is 321 g/mol. The lowest BCUT2D eigenvalue weighted by Crippen LogP contribution is -2.40. The maximum absolute atomic E-state index is 12.9. The van der Waals surface area contributed by atoms with Crippen LogP contribution in [-0.2, 0) is 9.59 Å².